The lowest BCUT2D eigenvalue weighted by molar-refractivity contribution is 0.0980. The molecule has 1 amide bonds. The highest BCUT2D eigenvalue weighted by atomic mass is 16.5. The van der Waals surface area contributed by atoms with Crippen molar-refractivity contribution in [1.82, 2.24) is 15.5 Å². The third-order valence-corrected chi connectivity index (χ3v) is 3.51. The van der Waals surface area contributed by atoms with Crippen molar-refractivity contribution in [3.8, 4) is 5.75 Å². The minimum Gasteiger partial charge on any atom is -0.508 e. The van der Waals surface area contributed by atoms with Gasteiger partial charge >= 0.3 is 0 Å². The van der Waals surface area contributed by atoms with E-state index in [-0.39, 0.29) is 23.5 Å². The molecule has 2 aromatic rings. The Morgan fingerprint density at radius 1 is 1.52 bits per heavy atom. The van der Waals surface area contributed by atoms with Gasteiger partial charge in [0.25, 0.3) is 11.7 Å². The Kier molecular flexibility index (Phi) is 3.57. The second-order valence-corrected chi connectivity index (χ2v) is 4.99. The average Bonchev–Trinajstić information content (AvgIpc) is 3.16. The molecular formula is C14H16N4O3. The predicted molar refractivity (Wildman–Crippen MR) is 75.1 cm³/mol. The van der Waals surface area contributed by atoms with Gasteiger partial charge < -0.3 is 19.8 Å². The number of aromatic nitrogens is 2. The van der Waals surface area contributed by atoms with Gasteiger partial charge in [-0.25, -0.2) is 0 Å². The van der Waals surface area contributed by atoms with Gasteiger partial charge in [-0.3, -0.25) is 4.79 Å². The lowest BCUT2D eigenvalue weighted by atomic mass is 10.2. The molecule has 21 heavy (non-hydrogen) atoms. The highest BCUT2D eigenvalue weighted by molar-refractivity contribution is 6.03. The molecule has 2 N–H and O–H groups in total. The molecular weight excluding hydrogens is 272 g/mol. The zero-order valence-corrected chi connectivity index (χ0v) is 11.6. The quantitative estimate of drug-likeness (QED) is 0.888. The van der Waals surface area contributed by atoms with Gasteiger partial charge in [0.15, 0.2) is 0 Å². The van der Waals surface area contributed by atoms with Crippen molar-refractivity contribution in [2.45, 2.75) is 18.9 Å². The third-order valence-electron chi connectivity index (χ3n) is 3.51. The normalized spacial score (nSPS) is 17.9. The predicted octanol–water partition coefficient (Wildman–Crippen LogP) is 1.48. The maximum absolute atomic E-state index is 12.3. The van der Waals surface area contributed by atoms with E-state index in [0.717, 1.165) is 19.4 Å². The molecule has 0 aliphatic carbocycles. The molecule has 1 aliphatic heterocycles. The first-order valence-corrected chi connectivity index (χ1v) is 6.79. The molecule has 0 saturated carbocycles. The Morgan fingerprint density at radius 2 is 2.38 bits per heavy atom. The maximum atomic E-state index is 12.3. The van der Waals surface area contributed by atoms with Gasteiger partial charge in [-0.15, -0.1) is 0 Å². The van der Waals surface area contributed by atoms with Crippen LogP contribution in [0, 0.1) is 0 Å². The molecule has 1 aromatic carbocycles. The second-order valence-electron chi connectivity index (χ2n) is 4.99. The summed E-state index contributed by atoms with van der Waals surface area (Å²) >= 11 is 0. The summed E-state index contributed by atoms with van der Waals surface area (Å²) in [6.07, 6.45) is 1.98. The topological polar surface area (TPSA) is 91.5 Å². The average molecular weight is 288 g/mol. The summed E-state index contributed by atoms with van der Waals surface area (Å²) < 4.78 is 5.16. The fourth-order valence-electron chi connectivity index (χ4n) is 2.33. The first kappa shape index (κ1) is 13.6. The highest BCUT2D eigenvalue weighted by Gasteiger charge is 2.26. The van der Waals surface area contributed by atoms with Gasteiger partial charge in [-0.05, 0) is 31.5 Å². The Hall–Kier alpha value is -2.41. The van der Waals surface area contributed by atoms with Gasteiger partial charge in [0.05, 0.1) is 6.04 Å². The summed E-state index contributed by atoms with van der Waals surface area (Å²) in [7, 11) is 1.60. The number of hydrogen-bond donors (Lipinski definition) is 2. The fourth-order valence-corrected chi connectivity index (χ4v) is 2.33. The lowest BCUT2D eigenvalue weighted by Crippen LogP contribution is -2.27. The van der Waals surface area contributed by atoms with Gasteiger partial charge in [-0.2, -0.15) is 4.98 Å². The zero-order chi connectivity index (χ0) is 14.8. The van der Waals surface area contributed by atoms with Crippen molar-refractivity contribution >= 4 is 11.6 Å². The number of amides is 1. The fraction of sp³-hybridized carbons (Fsp3) is 0.357. The molecule has 110 valence electrons. The van der Waals surface area contributed by atoms with Crippen LogP contribution in [0.5, 0.6) is 5.75 Å². The number of phenols is 1. The monoisotopic (exact) mass is 288 g/mol. The first-order valence-electron chi connectivity index (χ1n) is 6.79. The molecule has 7 heteroatoms. The van der Waals surface area contributed by atoms with E-state index in [1.165, 1.54) is 11.0 Å². The van der Waals surface area contributed by atoms with Crippen LogP contribution in [0.4, 0.5) is 5.69 Å². The molecule has 0 spiro atoms. The molecule has 1 atom stereocenters. The van der Waals surface area contributed by atoms with Crippen molar-refractivity contribution in [1.29, 1.82) is 0 Å². The molecule has 1 aliphatic rings. The number of benzene rings is 1. The SMILES string of the molecule is CN(C(=O)c1noc(C2CCCN2)n1)c1cccc(O)c1. The van der Waals surface area contributed by atoms with Crippen molar-refractivity contribution in [2.75, 3.05) is 18.5 Å². The standard InChI is InChI=1S/C14H16N4O3/c1-18(9-4-2-5-10(19)8-9)14(20)12-16-13(21-17-12)11-6-3-7-15-11/h2,4-5,8,11,15,19H,3,6-7H2,1H3. The number of rotatable bonds is 3. The molecule has 2 heterocycles. The van der Waals surface area contributed by atoms with Gasteiger partial charge in [0, 0.05) is 18.8 Å². The largest absolute Gasteiger partial charge is 0.508 e. The second kappa shape index (κ2) is 5.53. The minimum atomic E-state index is -0.381. The molecule has 3 rings (SSSR count). The summed E-state index contributed by atoms with van der Waals surface area (Å²) in [5.41, 5.74) is 0.561. The summed E-state index contributed by atoms with van der Waals surface area (Å²) in [5.74, 6) is 0.175. The highest BCUT2D eigenvalue weighted by Crippen LogP contribution is 2.23. The van der Waals surface area contributed by atoms with Crippen molar-refractivity contribution in [3.05, 3.63) is 36.0 Å². The molecule has 1 fully saturated rings. The molecule has 1 saturated heterocycles. The van der Waals surface area contributed by atoms with Gasteiger partial charge in [0.2, 0.25) is 5.89 Å². The Morgan fingerprint density at radius 3 is 3.10 bits per heavy atom. The number of hydrogen-bond acceptors (Lipinski definition) is 6. The van der Waals surface area contributed by atoms with Crippen LogP contribution in [0.25, 0.3) is 0 Å². The molecule has 0 radical (unpaired) electrons. The van der Waals surface area contributed by atoms with Crippen LogP contribution >= 0.6 is 0 Å². The van der Waals surface area contributed by atoms with Gasteiger partial charge in [0.1, 0.15) is 5.75 Å². The molecule has 1 unspecified atom stereocenters. The number of nitrogens with one attached hydrogen (secondary N) is 1. The van der Waals surface area contributed by atoms with Crippen molar-refractivity contribution < 1.29 is 14.4 Å². The zero-order valence-electron chi connectivity index (χ0n) is 11.6. The van der Waals surface area contributed by atoms with E-state index in [9.17, 15) is 9.90 Å². The van der Waals surface area contributed by atoms with Gasteiger partial charge in [-0.1, -0.05) is 11.2 Å². The summed E-state index contributed by atoms with van der Waals surface area (Å²) in [6.45, 7) is 0.916. The summed E-state index contributed by atoms with van der Waals surface area (Å²) in [4.78, 5) is 17.9. The summed E-state index contributed by atoms with van der Waals surface area (Å²) in [5, 5.41) is 16.5. The number of nitrogens with zero attached hydrogens (tertiary/aromatic N) is 3. The van der Waals surface area contributed by atoms with E-state index in [1.807, 2.05) is 0 Å². The van der Waals surface area contributed by atoms with Crippen LogP contribution in [-0.2, 0) is 0 Å². The number of carbonyl (C=O) groups excluding carboxylic acids is 1. The van der Waals surface area contributed by atoms with Crippen molar-refractivity contribution in [2.24, 2.45) is 0 Å². The van der Waals surface area contributed by atoms with E-state index < -0.39 is 0 Å². The number of anilines is 1. The van der Waals surface area contributed by atoms with Crippen LogP contribution in [-0.4, -0.2) is 34.7 Å². The molecule has 1 aromatic heterocycles. The van der Waals surface area contributed by atoms with Crippen LogP contribution < -0.4 is 10.2 Å². The van der Waals surface area contributed by atoms with Crippen LogP contribution in [0.15, 0.2) is 28.8 Å². The number of phenolic OH excluding ortho intramolecular Hbond substituents is 1. The Labute approximate surface area is 121 Å². The van der Waals surface area contributed by atoms with Crippen LogP contribution in [0.3, 0.4) is 0 Å². The summed E-state index contributed by atoms with van der Waals surface area (Å²) in [6, 6.07) is 6.46. The van der Waals surface area contributed by atoms with Crippen LogP contribution in [0.2, 0.25) is 0 Å². The maximum Gasteiger partial charge on any atom is 0.299 e. The number of aromatic hydroxyl groups is 1. The molecule has 0 bridgehead atoms. The van der Waals surface area contributed by atoms with Crippen LogP contribution in [0.1, 0.15) is 35.4 Å². The van der Waals surface area contributed by atoms with E-state index >= 15 is 0 Å². The van der Waals surface area contributed by atoms with E-state index in [4.69, 9.17) is 4.52 Å². The molecule has 7 nitrogen and oxygen atoms in total. The first-order chi connectivity index (χ1) is 10.1. The Balaban J connectivity index is 1.78. The van der Waals surface area contributed by atoms with E-state index in [2.05, 4.69) is 15.5 Å². The Bertz CT molecular complexity index is 649. The van der Waals surface area contributed by atoms with Crippen molar-refractivity contribution in [3.63, 3.8) is 0 Å². The lowest BCUT2D eigenvalue weighted by Gasteiger charge is -2.15. The minimum absolute atomic E-state index is 0.0181. The third kappa shape index (κ3) is 2.73. The van der Waals surface area contributed by atoms with E-state index in [0.29, 0.717) is 11.6 Å². The van der Waals surface area contributed by atoms with E-state index in [1.54, 1.807) is 25.2 Å². The number of carbonyl (C=O) groups is 1. The smallest absolute Gasteiger partial charge is 0.299 e.